The summed E-state index contributed by atoms with van der Waals surface area (Å²) in [6.07, 6.45) is 0.396. The van der Waals surface area contributed by atoms with Crippen LogP contribution in [-0.2, 0) is 9.59 Å². The van der Waals surface area contributed by atoms with Gasteiger partial charge in [0.25, 0.3) is 0 Å². The van der Waals surface area contributed by atoms with Gasteiger partial charge in [0, 0.05) is 42.5 Å². The predicted octanol–water partition coefficient (Wildman–Crippen LogP) is 3.13. The summed E-state index contributed by atoms with van der Waals surface area (Å²) in [6, 6.07) is 17.6. The Kier molecular flexibility index (Phi) is 8.12. The summed E-state index contributed by atoms with van der Waals surface area (Å²) in [5.41, 5.74) is 2.72. The van der Waals surface area contributed by atoms with Crippen molar-refractivity contribution in [3.63, 3.8) is 0 Å². The lowest BCUT2D eigenvalue weighted by atomic mass is 10.2. The summed E-state index contributed by atoms with van der Waals surface area (Å²) in [6.45, 7) is 6.90. The molecule has 0 amide bonds. The molecule has 0 atom stereocenters. The van der Waals surface area contributed by atoms with Crippen LogP contribution in [0.15, 0.2) is 58.3 Å². The monoisotopic (exact) mass is 429 g/mol. The lowest BCUT2D eigenvalue weighted by Crippen LogP contribution is -2.44. The van der Waals surface area contributed by atoms with E-state index in [1.165, 1.54) is 47.2 Å². The zero-order valence-electron chi connectivity index (χ0n) is 16.8. The number of hydrogen-bond donors (Lipinski definition) is 3. The Hall–Kier alpha value is -2.55. The number of rotatable bonds is 6. The molecule has 2 aliphatic rings. The van der Waals surface area contributed by atoms with E-state index in [2.05, 4.69) is 63.6 Å². The third kappa shape index (κ3) is 6.22. The first-order valence-corrected chi connectivity index (χ1v) is 10.9. The smallest absolute Gasteiger partial charge is 0.314 e. The number of piperazine rings is 1. The molecule has 0 aliphatic carbocycles. The van der Waals surface area contributed by atoms with Crippen molar-refractivity contribution in [2.45, 2.75) is 22.6 Å². The fourth-order valence-corrected chi connectivity index (χ4v) is 4.63. The van der Waals surface area contributed by atoms with Gasteiger partial charge in [0.1, 0.15) is 6.42 Å². The molecule has 1 fully saturated rings. The van der Waals surface area contributed by atoms with E-state index in [1.807, 2.05) is 11.8 Å². The maximum absolute atomic E-state index is 9.43. The van der Waals surface area contributed by atoms with Crippen LogP contribution in [0.3, 0.4) is 0 Å². The Bertz CT molecular complexity index is 813. The van der Waals surface area contributed by atoms with Gasteiger partial charge in [-0.3, -0.25) is 9.59 Å². The largest absolute Gasteiger partial charge is 0.481 e. The molecule has 2 aromatic carbocycles. The third-order valence-electron chi connectivity index (χ3n) is 4.90. The second kappa shape index (κ2) is 11.0. The Morgan fingerprint density at radius 1 is 0.867 bits per heavy atom. The van der Waals surface area contributed by atoms with Crippen LogP contribution in [0.1, 0.15) is 12.8 Å². The van der Waals surface area contributed by atoms with E-state index in [0.717, 1.165) is 19.6 Å². The van der Waals surface area contributed by atoms with Crippen molar-refractivity contribution in [2.75, 3.05) is 44.2 Å². The number of aliphatic carboxylic acids is 2. The maximum Gasteiger partial charge on any atom is 0.314 e. The number of carbonyl (C=O) groups is 2. The number of nitrogens with one attached hydrogen (secondary N) is 1. The second-order valence-electron chi connectivity index (χ2n) is 7.10. The molecule has 1 saturated heterocycles. The molecule has 0 bridgehead atoms. The average molecular weight is 430 g/mol. The normalized spacial score (nSPS) is 15.4. The van der Waals surface area contributed by atoms with Gasteiger partial charge in [-0.15, -0.1) is 0 Å². The number of benzene rings is 2. The molecule has 0 spiro atoms. The van der Waals surface area contributed by atoms with Crippen molar-refractivity contribution in [3.05, 3.63) is 48.5 Å². The third-order valence-corrected chi connectivity index (χ3v) is 6.03. The van der Waals surface area contributed by atoms with Crippen molar-refractivity contribution in [1.82, 2.24) is 10.2 Å². The molecule has 2 heterocycles. The van der Waals surface area contributed by atoms with Crippen LogP contribution >= 0.6 is 11.8 Å². The SMILES string of the molecule is O=C(O)CC(=O)O.c1ccc2c(c1)Sc1ccccc1N2CCCN1CCNCC1. The van der Waals surface area contributed by atoms with E-state index in [0.29, 0.717) is 0 Å². The zero-order valence-corrected chi connectivity index (χ0v) is 17.6. The molecule has 8 heteroatoms. The fourth-order valence-electron chi connectivity index (χ4n) is 3.54. The molecule has 2 aromatic rings. The fraction of sp³-hybridized carbons (Fsp3) is 0.364. The molecule has 30 heavy (non-hydrogen) atoms. The minimum atomic E-state index is -1.31. The van der Waals surface area contributed by atoms with Gasteiger partial charge in [0.2, 0.25) is 0 Å². The second-order valence-corrected chi connectivity index (χ2v) is 8.18. The summed E-state index contributed by atoms with van der Waals surface area (Å²) < 4.78 is 0. The van der Waals surface area contributed by atoms with Gasteiger partial charge < -0.3 is 25.3 Å². The molecule has 0 unspecified atom stereocenters. The van der Waals surface area contributed by atoms with Crippen LogP contribution in [0.5, 0.6) is 0 Å². The molecule has 0 radical (unpaired) electrons. The first kappa shape index (κ1) is 22.1. The number of carboxylic acid groups (broad SMARTS) is 2. The highest BCUT2D eigenvalue weighted by molar-refractivity contribution is 7.99. The van der Waals surface area contributed by atoms with Crippen LogP contribution in [0.2, 0.25) is 0 Å². The van der Waals surface area contributed by atoms with Crippen LogP contribution in [0.4, 0.5) is 11.4 Å². The van der Waals surface area contributed by atoms with Gasteiger partial charge in [-0.05, 0) is 37.2 Å². The summed E-state index contributed by atoms with van der Waals surface area (Å²) in [4.78, 5) is 26.7. The zero-order chi connectivity index (χ0) is 21.3. The van der Waals surface area contributed by atoms with Crippen molar-refractivity contribution in [2.24, 2.45) is 0 Å². The minimum Gasteiger partial charge on any atom is -0.481 e. The van der Waals surface area contributed by atoms with Gasteiger partial charge in [-0.25, -0.2) is 0 Å². The molecular formula is C22H27N3O4S. The molecule has 2 aliphatic heterocycles. The Labute approximate surface area is 180 Å². The molecule has 160 valence electrons. The summed E-state index contributed by atoms with van der Waals surface area (Å²) in [5, 5.41) is 18.8. The van der Waals surface area contributed by atoms with E-state index in [-0.39, 0.29) is 0 Å². The molecule has 0 aromatic heterocycles. The van der Waals surface area contributed by atoms with E-state index < -0.39 is 18.4 Å². The molecule has 4 rings (SSSR count). The Balaban J connectivity index is 0.000000318. The van der Waals surface area contributed by atoms with E-state index in [4.69, 9.17) is 10.2 Å². The lowest BCUT2D eigenvalue weighted by Gasteiger charge is -2.34. The predicted molar refractivity (Wildman–Crippen MR) is 118 cm³/mol. The standard InChI is InChI=1S/C19H23N3S.C3H4O4/c1-3-8-18-16(6-1)22(17-7-2-4-9-19(17)23-18)13-5-12-21-14-10-20-11-15-21;4-2(5)1-3(6)7/h1-4,6-9,20H,5,10-15H2;1H2,(H,4,5)(H,6,7). The molecule has 0 saturated carbocycles. The molecular weight excluding hydrogens is 402 g/mol. The van der Waals surface area contributed by atoms with Crippen molar-refractivity contribution in [1.29, 1.82) is 0 Å². The highest BCUT2D eigenvalue weighted by Gasteiger charge is 2.22. The average Bonchev–Trinajstić information content (AvgIpc) is 2.73. The van der Waals surface area contributed by atoms with Crippen molar-refractivity contribution < 1.29 is 19.8 Å². The number of fused-ring (bicyclic) bond motifs is 2. The summed E-state index contributed by atoms with van der Waals surface area (Å²) in [5.74, 6) is -2.62. The number of carboxylic acids is 2. The molecule has 3 N–H and O–H groups in total. The quantitative estimate of drug-likeness (QED) is 0.603. The van der Waals surface area contributed by atoms with Crippen LogP contribution in [-0.4, -0.2) is 66.3 Å². The van der Waals surface area contributed by atoms with Gasteiger partial charge in [-0.1, -0.05) is 36.0 Å². The van der Waals surface area contributed by atoms with Gasteiger partial charge in [-0.2, -0.15) is 0 Å². The van der Waals surface area contributed by atoms with E-state index in [9.17, 15) is 9.59 Å². The number of nitrogens with zero attached hydrogens (tertiary/aromatic N) is 2. The number of anilines is 2. The van der Waals surface area contributed by atoms with Crippen molar-refractivity contribution in [3.8, 4) is 0 Å². The Morgan fingerprint density at radius 2 is 1.40 bits per heavy atom. The van der Waals surface area contributed by atoms with E-state index in [1.54, 1.807) is 0 Å². The van der Waals surface area contributed by atoms with Gasteiger partial charge >= 0.3 is 11.9 Å². The highest BCUT2D eigenvalue weighted by Crippen LogP contribution is 2.47. The maximum atomic E-state index is 9.43. The minimum absolute atomic E-state index is 0.806. The highest BCUT2D eigenvalue weighted by atomic mass is 32.2. The van der Waals surface area contributed by atoms with Crippen LogP contribution in [0, 0.1) is 0 Å². The van der Waals surface area contributed by atoms with Crippen LogP contribution < -0.4 is 10.2 Å². The van der Waals surface area contributed by atoms with Gasteiger partial charge in [0.15, 0.2) is 0 Å². The molecule has 7 nitrogen and oxygen atoms in total. The topological polar surface area (TPSA) is 93.1 Å². The number of para-hydroxylation sites is 2. The number of hydrogen-bond acceptors (Lipinski definition) is 6. The Morgan fingerprint density at radius 3 is 1.90 bits per heavy atom. The van der Waals surface area contributed by atoms with Crippen LogP contribution in [0.25, 0.3) is 0 Å². The van der Waals surface area contributed by atoms with Gasteiger partial charge in [0.05, 0.1) is 11.4 Å². The van der Waals surface area contributed by atoms with Crippen molar-refractivity contribution >= 4 is 35.1 Å². The lowest BCUT2D eigenvalue weighted by molar-refractivity contribution is -0.147. The van der Waals surface area contributed by atoms with E-state index >= 15 is 0 Å². The summed E-state index contributed by atoms with van der Waals surface area (Å²) >= 11 is 1.89. The summed E-state index contributed by atoms with van der Waals surface area (Å²) in [7, 11) is 0. The first-order valence-electron chi connectivity index (χ1n) is 10.0. The first-order chi connectivity index (χ1) is 14.5.